The van der Waals surface area contributed by atoms with Crippen LogP contribution in [0.3, 0.4) is 0 Å². The van der Waals surface area contributed by atoms with Gasteiger partial charge in [0.1, 0.15) is 31.3 Å². The largest absolute Gasteiger partial charge is 0.467 e. The first-order valence-electron chi connectivity index (χ1n) is 13.6. The van der Waals surface area contributed by atoms with E-state index in [9.17, 15) is 28.8 Å². The number of methoxy groups -OCH3 is 1. The van der Waals surface area contributed by atoms with Gasteiger partial charge in [0.2, 0.25) is 5.91 Å². The minimum atomic E-state index is -1.36. The highest BCUT2D eigenvalue weighted by atomic mass is 16.7. The summed E-state index contributed by atoms with van der Waals surface area (Å²) in [5.41, 5.74) is 0.713. The third kappa shape index (κ3) is 7.45. The lowest BCUT2D eigenvalue weighted by atomic mass is 10.1. The zero-order chi connectivity index (χ0) is 32.6. The second kappa shape index (κ2) is 14.0. The lowest BCUT2D eigenvalue weighted by Crippen LogP contribution is -2.47. The molecule has 0 fully saturated rings. The molecule has 0 unspecified atom stereocenters. The predicted octanol–water partition coefficient (Wildman–Crippen LogP) is 0.517. The summed E-state index contributed by atoms with van der Waals surface area (Å²) < 4.78 is 12.2. The van der Waals surface area contributed by atoms with Crippen molar-refractivity contribution in [3.8, 4) is 0 Å². The van der Waals surface area contributed by atoms with Crippen LogP contribution in [-0.4, -0.2) is 79.2 Å². The molecular weight excluding hydrogens is 604 g/mol. The third-order valence-electron chi connectivity index (χ3n) is 6.49. The normalized spacial score (nSPS) is 12.8. The summed E-state index contributed by atoms with van der Waals surface area (Å²) in [7, 11) is 1.10. The van der Waals surface area contributed by atoms with Crippen LogP contribution in [0.15, 0.2) is 77.9 Å². The van der Waals surface area contributed by atoms with Gasteiger partial charge in [0.25, 0.3) is 11.8 Å². The second-order valence-electron chi connectivity index (χ2n) is 9.71. The number of imide groups is 1. The number of esters is 1. The molecule has 17 nitrogen and oxygen atoms in total. The molecule has 2 aromatic heterocycles. The molecule has 0 spiro atoms. The number of fused-ring (bicyclic) bond motifs is 1. The van der Waals surface area contributed by atoms with Gasteiger partial charge in [0, 0.05) is 6.20 Å². The molecule has 17 heteroatoms. The Morgan fingerprint density at radius 1 is 0.935 bits per heavy atom. The standard InChI is InChI=1S/C29H26N8O9/c1-44-27(41)22(17-46-37-25(39)20-9-5-6-10-21(20)26(37)40)30-24(38)15-36-14-19(33-34-36)13-35-12-11-23(31-28(35)42)32-29(43)45-16-18-7-3-2-4-8-18/h2-12,14,22H,13,15-17H2,1H3,(H,30,38)(H,31,32,42,43)/t22-/m0/s1. The maximum atomic E-state index is 12.7. The molecule has 1 aliphatic heterocycles. The Balaban J connectivity index is 1.12. The molecule has 1 aliphatic rings. The maximum absolute atomic E-state index is 12.7. The Morgan fingerprint density at radius 3 is 2.30 bits per heavy atom. The molecule has 3 heterocycles. The van der Waals surface area contributed by atoms with Gasteiger partial charge in [0.15, 0.2) is 6.04 Å². The average Bonchev–Trinajstić information content (AvgIpc) is 3.60. The number of aromatic nitrogens is 5. The van der Waals surface area contributed by atoms with Gasteiger partial charge in [-0.25, -0.2) is 19.1 Å². The van der Waals surface area contributed by atoms with Crippen LogP contribution < -0.4 is 16.3 Å². The van der Waals surface area contributed by atoms with Crippen molar-refractivity contribution < 1.29 is 38.3 Å². The molecule has 5 rings (SSSR count). The van der Waals surface area contributed by atoms with Crippen LogP contribution in [0, 0.1) is 0 Å². The van der Waals surface area contributed by atoms with E-state index < -0.39 is 48.1 Å². The average molecular weight is 631 g/mol. The molecule has 0 radical (unpaired) electrons. The number of carbonyl (C=O) groups is 5. The highest BCUT2D eigenvalue weighted by Gasteiger charge is 2.37. The van der Waals surface area contributed by atoms with Gasteiger partial charge in [0.05, 0.1) is 31.0 Å². The molecule has 2 N–H and O–H groups in total. The Morgan fingerprint density at radius 2 is 1.63 bits per heavy atom. The Hall–Kier alpha value is -6.23. The minimum Gasteiger partial charge on any atom is -0.467 e. The summed E-state index contributed by atoms with van der Waals surface area (Å²) in [6, 6.07) is 15.2. The van der Waals surface area contributed by atoms with E-state index in [1.807, 2.05) is 18.2 Å². The first-order valence-corrected chi connectivity index (χ1v) is 13.6. The fourth-order valence-corrected chi connectivity index (χ4v) is 4.28. The van der Waals surface area contributed by atoms with Crippen molar-refractivity contribution in [1.29, 1.82) is 0 Å². The molecule has 4 amide bonds. The van der Waals surface area contributed by atoms with Gasteiger partial charge in [-0.3, -0.25) is 29.1 Å². The van der Waals surface area contributed by atoms with Crippen LogP contribution in [0.4, 0.5) is 10.6 Å². The zero-order valence-electron chi connectivity index (χ0n) is 24.2. The van der Waals surface area contributed by atoms with Crippen LogP contribution in [0.5, 0.6) is 0 Å². The fraction of sp³-hybridized carbons (Fsp3) is 0.207. The lowest BCUT2D eigenvalue weighted by Gasteiger charge is -2.19. The van der Waals surface area contributed by atoms with E-state index in [1.54, 1.807) is 24.3 Å². The number of benzene rings is 2. The molecule has 236 valence electrons. The van der Waals surface area contributed by atoms with E-state index in [4.69, 9.17) is 14.3 Å². The van der Waals surface area contributed by atoms with Crippen molar-refractivity contribution in [2.75, 3.05) is 19.0 Å². The summed E-state index contributed by atoms with van der Waals surface area (Å²) in [5.74, 6) is -2.98. The highest BCUT2D eigenvalue weighted by molar-refractivity contribution is 6.20. The highest BCUT2D eigenvalue weighted by Crippen LogP contribution is 2.22. The van der Waals surface area contributed by atoms with Crippen molar-refractivity contribution in [3.05, 3.63) is 106 Å². The van der Waals surface area contributed by atoms with Gasteiger partial charge in [-0.1, -0.05) is 47.7 Å². The number of nitrogens with zero attached hydrogens (tertiary/aromatic N) is 6. The molecule has 1 atom stereocenters. The Bertz CT molecular complexity index is 1800. The van der Waals surface area contributed by atoms with Crippen LogP contribution >= 0.6 is 0 Å². The minimum absolute atomic E-state index is 0.00761. The fourth-order valence-electron chi connectivity index (χ4n) is 4.28. The number of ether oxygens (including phenoxy) is 2. The SMILES string of the molecule is COC(=O)[C@H](CON1C(=O)c2ccccc2C1=O)NC(=O)Cn1cc(Cn2ccc(NC(=O)OCc3ccccc3)nc2=O)nn1. The number of nitrogens with one attached hydrogen (secondary N) is 2. The van der Waals surface area contributed by atoms with Crippen LogP contribution in [0.2, 0.25) is 0 Å². The summed E-state index contributed by atoms with van der Waals surface area (Å²) in [6.07, 6.45) is 2.02. The summed E-state index contributed by atoms with van der Waals surface area (Å²) in [4.78, 5) is 83.7. The van der Waals surface area contributed by atoms with E-state index >= 15 is 0 Å². The number of hydrogen-bond donors (Lipinski definition) is 2. The van der Waals surface area contributed by atoms with Crippen molar-refractivity contribution in [3.63, 3.8) is 0 Å². The van der Waals surface area contributed by atoms with E-state index in [0.717, 1.165) is 12.7 Å². The van der Waals surface area contributed by atoms with Gasteiger partial charge in [-0.15, -0.1) is 10.2 Å². The number of carbonyl (C=O) groups excluding carboxylic acids is 5. The molecule has 0 saturated carbocycles. The van der Waals surface area contributed by atoms with E-state index in [1.165, 1.54) is 39.8 Å². The van der Waals surface area contributed by atoms with Crippen molar-refractivity contribution in [1.82, 2.24) is 34.9 Å². The monoisotopic (exact) mass is 630 g/mol. The van der Waals surface area contributed by atoms with Crippen LogP contribution in [0.1, 0.15) is 32.0 Å². The summed E-state index contributed by atoms with van der Waals surface area (Å²) >= 11 is 0. The second-order valence-corrected chi connectivity index (χ2v) is 9.71. The van der Waals surface area contributed by atoms with Gasteiger partial charge >= 0.3 is 17.8 Å². The summed E-state index contributed by atoms with van der Waals surface area (Å²) in [6.45, 7) is -0.956. The van der Waals surface area contributed by atoms with E-state index in [-0.39, 0.29) is 36.6 Å². The number of amides is 4. The Kier molecular flexibility index (Phi) is 9.52. The lowest BCUT2D eigenvalue weighted by molar-refractivity contribution is -0.153. The number of rotatable bonds is 12. The molecular formula is C29H26N8O9. The van der Waals surface area contributed by atoms with Crippen LogP contribution in [0.25, 0.3) is 0 Å². The molecule has 2 aromatic carbocycles. The van der Waals surface area contributed by atoms with Crippen molar-refractivity contribution >= 4 is 35.6 Å². The van der Waals surface area contributed by atoms with E-state index in [0.29, 0.717) is 10.8 Å². The molecule has 0 bridgehead atoms. The van der Waals surface area contributed by atoms with Crippen molar-refractivity contribution in [2.24, 2.45) is 0 Å². The quantitative estimate of drug-likeness (QED) is 0.162. The van der Waals surface area contributed by atoms with Gasteiger partial charge in [-0.05, 0) is 23.8 Å². The molecule has 0 saturated heterocycles. The molecule has 4 aromatic rings. The van der Waals surface area contributed by atoms with Gasteiger partial charge in [-0.2, -0.15) is 4.98 Å². The number of hydrogen-bond acceptors (Lipinski definition) is 12. The first-order chi connectivity index (χ1) is 22.2. The zero-order valence-corrected chi connectivity index (χ0v) is 24.2. The predicted molar refractivity (Wildman–Crippen MR) is 155 cm³/mol. The van der Waals surface area contributed by atoms with Crippen LogP contribution in [-0.2, 0) is 43.6 Å². The molecule has 0 aliphatic carbocycles. The maximum Gasteiger partial charge on any atom is 0.413 e. The Labute approximate surface area is 259 Å². The number of anilines is 1. The van der Waals surface area contributed by atoms with Gasteiger partial charge < -0.3 is 14.8 Å². The topological polar surface area (TPSA) is 206 Å². The summed E-state index contributed by atoms with van der Waals surface area (Å²) in [5, 5.41) is 13.1. The number of hydroxylamine groups is 2. The smallest absolute Gasteiger partial charge is 0.413 e. The molecule has 46 heavy (non-hydrogen) atoms. The van der Waals surface area contributed by atoms with E-state index in [2.05, 4.69) is 25.9 Å². The third-order valence-corrected chi connectivity index (χ3v) is 6.49. The van der Waals surface area contributed by atoms with Crippen molar-refractivity contribution in [2.45, 2.75) is 25.7 Å². The first kappa shape index (κ1) is 31.2.